The molecule has 0 saturated carbocycles. The first-order valence-electron chi connectivity index (χ1n) is 19.0. The van der Waals surface area contributed by atoms with Crippen molar-refractivity contribution < 1.29 is 15.7 Å². The molecule has 4 aromatic heterocycles. The van der Waals surface area contributed by atoms with Crippen LogP contribution in [-0.4, -0.2) is 19.5 Å². The molecule has 0 N–H and O–H groups in total. The van der Waals surface area contributed by atoms with Gasteiger partial charge in [-0.3, -0.25) is 0 Å². The molecule has 238 valence electrons. The Bertz CT molecular complexity index is 3420. The van der Waals surface area contributed by atoms with Crippen molar-refractivity contribution >= 4 is 65.7 Å². The van der Waals surface area contributed by atoms with Crippen molar-refractivity contribution in [2.75, 3.05) is 0 Å². The molecular weight excluding hydrogens is 629 g/mol. The lowest BCUT2D eigenvalue weighted by atomic mass is 10.1. The number of benzene rings is 7. The molecular formula is C45H26N4O2. The van der Waals surface area contributed by atoms with Gasteiger partial charge in [0.1, 0.15) is 22.3 Å². The van der Waals surface area contributed by atoms with Crippen molar-refractivity contribution in [3.63, 3.8) is 0 Å². The highest BCUT2D eigenvalue weighted by atomic mass is 16.3. The van der Waals surface area contributed by atoms with E-state index in [0.717, 1.165) is 60.2 Å². The van der Waals surface area contributed by atoms with Crippen molar-refractivity contribution in [1.29, 1.82) is 0 Å². The van der Waals surface area contributed by atoms with Crippen LogP contribution in [0.4, 0.5) is 0 Å². The summed E-state index contributed by atoms with van der Waals surface area (Å²) in [7, 11) is 0. The molecule has 7 aromatic carbocycles. The van der Waals surface area contributed by atoms with Gasteiger partial charge in [-0.15, -0.1) is 0 Å². The summed E-state index contributed by atoms with van der Waals surface area (Å²) in [5, 5.41) is 6.23. The van der Waals surface area contributed by atoms with Crippen molar-refractivity contribution in [3.05, 3.63) is 158 Å². The highest BCUT2D eigenvalue weighted by Crippen LogP contribution is 2.42. The minimum atomic E-state index is -0.485. The van der Waals surface area contributed by atoms with E-state index >= 15 is 0 Å². The number of fused-ring (bicyclic) bond motifs is 10. The van der Waals surface area contributed by atoms with E-state index in [1.807, 2.05) is 72.8 Å². The third kappa shape index (κ3) is 4.26. The molecule has 0 spiro atoms. The first-order valence-corrected chi connectivity index (χ1v) is 16.5. The van der Waals surface area contributed by atoms with E-state index in [1.54, 1.807) is 0 Å². The average Bonchev–Trinajstić information content (AvgIpc) is 3.91. The van der Waals surface area contributed by atoms with Crippen LogP contribution in [0.5, 0.6) is 0 Å². The fraction of sp³-hybridized carbons (Fsp3) is 0. The van der Waals surface area contributed by atoms with E-state index in [9.17, 15) is 0 Å². The first kappa shape index (κ1) is 23.3. The second-order valence-corrected chi connectivity index (χ2v) is 12.5. The summed E-state index contributed by atoms with van der Waals surface area (Å²) >= 11 is 0. The Balaban J connectivity index is 1.10. The molecule has 0 aliphatic carbocycles. The van der Waals surface area contributed by atoms with Crippen LogP contribution in [0.25, 0.3) is 106 Å². The minimum Gasteiger partial charge on any atom is -0.456 e. The SMILES string of the molecule is [2H]c1c([2H])c([2H])c(-c2nc(-c3ccccc3)nc(-c3ccc4c(c3)oc3ccc(-n5c6ccccc6c6ccc7oc8ccccc8c7c65)cc34)n2)c([2H])c1[2H]. The number of para-hydroxylation sites is 2. The van der Waals surface area contributed by atoms with Crippen LogP contribution >= 0.6 is 0 Å². The highest BCUT2D eigenvalue weighted by Gasteiger charge is 2.20. The summed E-state index contributed by atoms with van der Waals surface area (Å²) in [6.45, 7) is 0. The van der Waals surface area contributed by atoms with Crippen LogP contribution in [0, 0.1) is 0 Å². The van der Waals surface area contributed by atoms with E-state index in [1.165, 1.54) is 0 Å². The van der Waals surface area contributed by atoms with Gasteiger partial charge in [0, 0.05) is 49.3 Å². The minimum absolute atomic E-state index is 0.0223. The lowest BCUT2D eigenvalue weighted by Gasteiger charge is -2.09. The lowest BCUT2D eigenvalue weighted by molar-refractivity contribution is 0.668. The zero-order valence-corrected chi connectivity index (χ0v) is 26.7. The Morgan fingerprint density at radius 2 is 1.12 bits per heavy atom. The van der Waals surface area contributed by atoms with Gasteiger partial charge >= 0.3 is 0 Å². The van der Waals surface area contributed by atoms with Crippen LogP contribution in [0.3, 0.4) is 0 Å². The van der Waals surface area contributed by atoms with Crippen molar-refractivity contribution in [2.45, 2.75) is 0 Å². The van der Waals surface area contributed by atoms with Crippen molar-refractivity contribution in [3.8, 4) is 39.9 Å². The Kier molecular flexibility index (Phi) is 4.91. The molecule has 0 aliphatic rings. The molecule has 6 heteroatoms. The Hall–Kier alpha value is -7.05. The summed E-state index contributed by atoms with van der Waals surface area (Å²) in [5.74, 6) is 0.550. The van der Waals surface area contributed by atoms with E-state index in [-0.39, 0.29) is 29.3 Å². The predicted molar refractivity (Wildman–Crippen MR) is 205 cm³/mol. The Morgan fingerprint density at radius 3 is 1.98 bits per heavy atom. The Labute approximate surface area is 297 Å². The summed E-state index contributed by atoms with van der Waals surface area (Å²) in [6.07, 6.45) is 0. The molecule has 11 rings (SSSR count). The van der Waals surface area contributed by atoms with Gasteiger partial charge in [-0.05, 0) is 54.6 Å². The number of nitrogens with zero attached hydrogens (tertiary/aromatic N) is 4. The predicted octanol–water partition coefficient (Wildman–Crippen LogP) is 11.8. The summed E-state index contributed by atoms with van der Waals surface area (Å²) in [6, 6.07) is 39.8. The number of rotatable bonds is 4. The standard InChI is InChI=1S/C45H26N4O2/c1-3-11-27(12-4-1)43-46-44(28-13-5-2-6-14-28)48-45(47-43)29-19-21-32-35-26-30(20-23-38(35)51-40(32)25-29)49-36-17-9-7-15-31(36)33-22-24-39-41(42(33)49)34-16-8-10-18-37(34)50-39/h1-26H/i1D,3D,4D,11D,12D. The lowest BCUT2D eigenvalue weighted by Crippen LogP contribution is -2.00. The van der Waals surface area contributed by atoms with Gasteiger partial charge in [-0.1, -0.05) is 103 Å². The van der Waals surface area contributed by atoms with Crippen molar-refractivity contribution in [2.24, 2.45) is 0 Å². The second-order valence-electron chi connectivity index (χ2n) is 12.5. The smallest absolute Gasteiger partial charge is 0.164 e. The van der Waals surface area contributed by atoms with Gasteiger partial charge in [-0.2, -0.15) is 0 Å². The van der Waals surface area contributed by atoms with E-state index in [2.05, 4.69) is 64.1 Å². The maximum atomic E-state index is 8.62. The van der Waals surface area contributed by atoms with E-state index in [0.29, 0.717) is 28.1 Å². The average molecular weight is 660 g/mol. The van der Waals surface area contributed by atoms with Crippen LogP contribution in [-0.2, 0) is 0 Å². The number of furan rings is 2. The number of hydrogen-bond donors (Lipinski definition) is 0. The van der Waals surface area contributed by atoms with E-state index < -0.39 is 18.1 Å². The third-order valence-corrected chi connectivity index (χ3v) is 9.54. The summed E-state index contributed by atoms with van der Waals surface area (Å²) in [4.78, 5) is 14.1. The molecule has 51 heavy (non-hydrogen) atoms. The molecule has 0 fully saturated rings. The fourth-order valence-corrected chi connectivity index (χ4v) is 7.27. The fourth-order valence-electron chi connectivity index (χ4n) is 7.27. The maximum Gasteiger partial charge on any atom is 0.164 e. The summed E-state index contributed by atoms with van der Waals surface area (Å²) < 4.78 is 57.0. The highest BCUT2D eigenvalue weighted by molar-refractivity contribution is 6.24. The van der Waals surface area contributed by atoms with Crippen molar-refractivity contribution in [1.82, 2.24) is 19.5 Å². The van der Waals surface area contributed by atoms with Crippen LogP contribution in [0.1, 0.15) is 6.85 Å². The quantitative estimate of drug-likeness (QED) is 0.188. The Morgan fingerprint density at radius 1 is 0.451 bits per heavy atom. The zero-order chi connectivity index (χ0) is 37.8. The molecule has 0 aliphatic heterocycles. The topological polar surface area (TPSA) is 69.9 Å². The number of aromatic nitrogens is 4. The molecule has 11 aromatic rings. The largest absolute Gasteiger partial charge is 0.456 e. The van der Waals surface area contributed by atoms with Gasteiger partial charge in [0.05, 0.1) is 23.3 Å². The molecule has 0 atom stereocenters. The second kappa shape index (κ2) is 10.7. The molecule has 0 saturated heterocycles. The van der Waals surface area contributed by atoms with Crippen LogP contribution in [0.2, 0.25) is 0 Å². The van der Waals surface area contributed by atoms with Gasteiger partial charge < -0.3 is 13.4 Å². The molecule has 6 nitrogen and oxygen atoms in total. The zero-order valence-electron chi connectivity index (χ0n) is 31.7. The first-order chi connectivity index (χ1) is 27.3. The normalized spacial score (nSPS) is 13.3. The molecule has 0 radical (unpaired) electrons. The molecule has 0 unspecified atom stereocenters. The summed E-state index contributed by atoms with van der Waals surface area (Å²) in [5.41, 5.74) is 7.32. The van der Waals surface area contributed by atoms with Crippen LogP contribution in [0.15, 0.2) is 166 Å². The third-order valence-electron chi connectivity index (χ3n) is 9.54. The van der Waals surface area contributed by atoms with Crippen LogP contribution < -0.4 is 0 Å². The van der Waals surface area contributed by atoms with Gasteiger partial charge in [0.2, 0.25) is 0 Å². The van der Waals surface area contributed by atoms with E-state index in [4.69, 9.17) is 25.7 Å². The molecule has 0 amide bonds. The number of hydrogen-bond acceptors (Lipinski definition) is 5. The van der Waals surface area contributed by atoms with Gasteiger partial charge in [0.15, 0.2) is 17.5 Å². The molecule has 4 heterocycles. The maximum absolute atomic E-state index is 8.62. The van der Waals surface area contributed by atoms with Gasteiger partial charge in [-0.25, -0.2) is 15.0 Å². The monoisotopic (exact) mass is 659 g/mol. The van der Waals surface area contributed by atoms with Gasteiger partial charge in [0.25, 0.3) is 0 Å². The molecule has 0 bridgehead atoms.